The minimum absolute atomic E-state index is 0.0151. The molecular formula is C14H8F3NOS. The van der Waals surface area contributed by atoms with Gasteiger partial charge in [-0.25, -0.2) is 0 Å². The molecule has 0 aliphatic rings. The van der Waals surface area contributed by atoms with E-state index in [9.17, 15) is 18.3 Å². The van der Waals surface area contributed by atoms with Gasteiger partial charge in [0.05, 0.1) is 16.0 Å². The summed E-state index contributed by atoms with van der Waals surface area (Å²) < 4.78 is 37.7. The van der Waals surface area contributed by atoms with Gasteiger partial charge in [-0.05, 0) is 30.3 Å². The maximum Gasteiger partial charge on any atom is 0.416 e. The lowest BCUT2D eigenvalue weighted by molar-refractivity contribution is -0.137. The van der Waals surface area contributed by atoms with E-state index in [1.54, 1.807) is 24.3 Å². The fourth-order valence-electron chi connectivity index (χ4n) is 1.54. The molecule has 0 fully saturated rings. The number of halogens is 3. The highest BCUT2D eigenvalue weighted by atomic mass is 32.2. The fraction of sp³-hybridized carbons (Fsp3) is 0.0714. The Labute approximate surface area is 117 Å². The molecule has 20 heavy (non-hydrogen) atoms. The van der Waals surface area contributed by atoms with Crippen LogP contribution >= 0.6 is 11.8 Å². The third-order valence-electron chi connectivity index (χ3n) is 2.51. The van der Waals surface area contributed by atoms with Crippen LogP contribution < -0.4 is 0 Å². The van der Waals surface area contributed by atoms with E-state index < -0.39 is 11.7 Å². The Hall–Kier alpha value is -2.13. The van der Waals surface area contributed by atoms with Crippen LogP contribution in [0, 0.1) is 11.3 Å². The monoisotopic (exact) mass is 295 g/mol. The highest BCUT2D eigenvalue weighted by molar-refractivity contribution is 7.99. The SMILES string of the molecule is N#Cc1cc(C(F)(F)F)ccc1Sc1ccccc1O. The van der Waals surface area contributed by atoms with Crippen molar-refractivity contribution in [1.29, 1.82) is 5.26 Å². The standard InChI is InChI=1S/C14H8F3NOS/c15-14(16,17)10-5-6-12(9(7-10)8-18)20-13-4-2-1-3-11(13)19/h1-7,19H. The van der Waals surface area contributed by atoms with E-state index in [-0.39, 0.29) is 11.3 Å². The van der Waals surface area contributed by atoms with Crippen LogP contribution in [0.25, 0.3) is 0 Å². The lowest BCUT2D eigenvalue weighted by Gasteiger charge is -2.10. The molecule has 2 rings (SSSR count). The number of rotatable bonds is 2. The summed E-state index contributed by atoms with van der Waals surface area (Å²) in [4.78, 5) is 0.839. The third kappa shape index (κ3) is 3.06. The van der Waals surface area contributed by atoms with Crippen LogP contribution in [0.5, 0.6) is 5.75 Å². The van der Waals surface area contributed by atoms with Gasteiger partial charge in [-0.2, -0.15) is 18.4 Å². The Bertz CT molecular complexity index is 677. The number of phenolic OH excluding ortho intramolecular Hbond substituents is 1. The summed E-state index contributed by atoms with van der Waals surface area (Å²) in [6.45, 7) is 0. The lowest BCUT2D eigenvalue weighted by Crippen LogP contribution is -2.05. The van der Waals surface area contributed by atoms with E-state index in [4.69, 9.17) is 5.26 Å². The molecule has 6 heteroatoms. The topological polar surface area (TPSA) is 44.0 Å². The second-order valence-corrected chi connectivity index (χ2v) is 4.97. The van der Waals surface area contributed by atoms with Gasteiger partial charge in [0.2, 0.25) is 0 Å². The van der Waals surface area contributed by atoms with Crippen molar-refractivity contribution in [3.05, 3.63) is 53.6 Å². The third-order valence-corrected chi connectivity index (χ3v) is 3.65. The van der Waals surface area contributed by atoms with Crippen LogP contribution in [0.1, 0.15) is 11.1 Å². The van der Waals surface area contributed by atoms with Gasteiger partial charge in [-0.1, -0.05) is 23.9 Å². The molecule has 2 aromatic rings. The smallest absolute Gasteiger partial charge is 0.416 e. The van der Waals surface area contributed by atoms with E-state index in [1.807, 2.05) is 0 Å². The Balaban J connectivity index is 2.39. The first-order valence-electron chi connectivity index (χ1n) is 5.49. The molecule has 0 amide bonds. The minimum Gasteiger partial charge on any atom is -0.507 e. The van der Waals surface area contributed by atoms with Crippen LogP contribution in [-0.4, -0.2) is 5.11 Å². The van der Waals surface area contributed by atoms with Crippen molar-refractivity contribution in [2.24, 2.45) is 0 Å². The van der Waals surface area contributed by atoms with E-state index in [0.717, 1.165) is 23.9 Å². The molecule has 0 aromatic heterocycles. The molecule has 0 saturated heterocycles. The van der Waals surface area contributed by atoms with Crippen molar-refractivity contribution >= 4 is 11.8 Å². The maximum atomic E-state index is 12.6. The zero-order chi connectivity index (χ0) is 14.8. The summed E-state index contributed by atoms with van der Waals surface area (Å²) in [5.41, 5.74) is -0.941. The zero-order valence-corrected chi connectivity index (χ0v) is 10.8. The molecule has 0 heterocycles. The summed E-state index contributed by atoms with van der Waals surface area (Å²) in [6.07, 6.45) is -4.48. The van der Waals surface area contributed by atoms with Crippen molar-refractivity contribution in [3.8, 4) is 11.8 Å². The molecule has 0 aliphatic heterocycles. The number of benzene rings is 2. The number of phenols is 1. The number of aromatic hydroxyl groups is 1. The Morgan fingerprint density at radius 3 is 2.35 bits per heavy atom. The van der Waals surface area contributed by atoms with Gasteiger partial charge in [0.25, 0.3) is 0 Å². The van der Waals surface area contributed by atoms with Crippen LogP contribution in [0.2, 0.25) is 0 Å². The van der Waals surface area contributed by atoms with Gasteiger partial charge in [0, 0.05) is 4.90 Å². The largest absolute Gasteiger partial charge is 0.507 e. The molecular weight excluding hydrogens is 287 g/mol. The first-order chi connectivity index (χ1) is 9.41. The van der Waals surface area contributed by atoms with Crippen molar-refractivity contribution < 1.29 is 18.3 Å². The zero-order valence-electron chi connectivity index (χ0n) is 9.98. The van der Waals surface area contributed by atoms with Gasteiger partial charge in [0.15, 0.2) is 0 Å². The van der Waals surface area contributed by atoms with Crippen LogP contribution in [0.4, 0.5) is 13.2 Å². The number of nitriles is 1. The maximum absolute atomic E-state index is 12.6. The molecule has 0 atom stereocenters. The lowest BCUT2D eigenvalue weighted by atomic mass is 10.1. The summed E-state index contributed by atoms with van der Waals surface area (Å²) in [5, 5.41) is 18.6. The van der Waals surface area contributed by atoms with E-state index >= 15 is 0 Å². The van der Waals surface area contributed by atoms with Gasteiger partial charge in [0.1, 0.15) is 11.8 Å². The van der Waals surface area contributed by atoms with Crippen molar-refractivity contribution in [2.75, 3.05) is 0 Å². The molecule has 0 unspecified atom stereocenters. The number of para-hydroxylation sites is 1. The Morgan fingerprint density at radius 1 is 1.05 bits per heavy atom. The van der Waals surface area contributed by atoms with Crippen molar-refractivity contribution in [3.63, 3.8) is 0 Å². The highest BCUT2D eigenvalue weighted by Gasteiger charge is 2.31. The molecule has 2 aromatic carbocycles. The average molecular weight is 295 g/mol. The summed E-state index contributed by atoms with van der Waals surface area (Å²) in [7, 11) is 0. The predicted molar refractivity (Wildman–Crippen MR) is 68.4 cm³/mol. The highest BCUT2D eigenvalue weighted by Crippen LogP contribution is 2.38. The Morgan fingerprint density at radius 2 is 1.75 bits per heavy atom. The number of nitrogens with zero attached hydrogens (tertiary/aromatic N) is 1. The average Bonchev–Trinajstić information content (AvgIpc) is 2.40. The second kappa shape index (κ2) is 5.47. The molecule has 0 aliphatic carbocycles. The number of hydrogen-bond donors (Lipinski definition) is 1. The normalized spacial score (nSPS) is 11.1. The minimum atomic E-state index is -4.48. The quantitative estimate of drug-likeness (QED) is 0.891. The Kier molecular flexibility index (Phi) is 3.91. The van der Waals surface area contributed by atoms with E-state index in [2.05, 4.69) is 0 Å². The summed E-state index contributed by atoms with van der Waals surface area (Å²) >= 11 is 1.04. The molecule has 1 N–H and O–H groups in total. The predicted octanol–water partition coefficient (Wildman–Crippen LogP) is 4.43. The van der Waals surface area contributed by atoms with Gasteiger partial charge >= 0.3 is 6.18 Å². The first-order valence-corrected chi connectivity index (χ1v) is 6.30. The molecule has 0 radical (unpaired) electrons. The molecule has 102 valence electrons. The second-order valence-electron chi connectivity index (χ2n) is 3.89. The molecule has 0 bridgehead atoms. The molecule has 0 spiro atoms. The van der Waals surface area contributed by atoms with Gasteiger partial charge < -0.3 is 5.11 Å². The number of alkyl halides is 3. The first kappa shape index (κ1) is 14.3. The van der Waals surface area contributed by atoms with Crippen molar-refractivity contribution in [2.45, 2.75) is 16.0 Å². The fourth-order valence-corrected chi connectivity index (χ4v) is 2.45. The van der Waals surface area contributed by atoms with Crippen LogP contribution in [0.3, 0.4) is 0 Å². The summed E-state index contributed by atoms with van der Waals surface area (Å²) in [5.74, 6) is 0.0151. The van der Waals surface area contributed by atoms with Gasteiger partial charge in [-0.15, -0.1) is 0 Å². The van der Waals surface area contributed by atoms with Crippen LogP contribution in [-0.2, 0) is 6.18 Å². The number of hydrogen-bond acceptors (Lipinski definition) is 3. The molecule has 2 nitrogen and oxygen atoms in total. The molecule has 0 saturated carbocycles. The van der Waals surface area contributed by atoms with Gasteiger partial charge in [-0.3, -0.25) is 0 Å². The van der Waals surface area contributed by atoms with E-state index in [0.29, 0.717) is 9.79 Å². The van der Waals surface area contributed by atoms with Crippen molar-refractivity contribution in [1.82, 2.24) is 0 Å². The van der Waals surface area contributed by atoms with Crippen LogP contribution in [0.15, 0.2) is 52.3 Å². The summed E-state index contributed by atoms with van der Waals surface area (Å²) in [6, 6.07) is 11.1. The van der Waals surface area contributed by atoms with E-state index in [1.165, 1.54) is 12.1 Å².